The van der Waals surface area contributed by atoms with Crippen molar-refractivity contribution in [2.24, 2.45) is 4.99 Å². The monoisotopic (exact) mass is 470 g/mol. The summed E-state index contributed by atoms with van der Waals surface area (Å²) in [5.41, 5.74) is 5.58. The quantitative estimate of drug-likeness (QED) is 0.491. The molecule has 2 aromatic carbocycles. The summed E-state index contributed by atoms with van der Waals surface area (Å²) in [6, 6.07) is 18.9. The molecule has 1 unspecified atom stereocenters. The van der Waals surface area contributed by atoms with E-state index in [1.165, 1.54) is 22.5 Å². The topological polar surface area (TPSA) is 71.7 Å². The minimum absolute atomic E-state index is 0.0649. The van der Waals surface area contributed by atoms with Crippen LogP contribution in [0.4, 0.5) is 0 Å². The van der Waals surface area contributed by atoms with Crippen LogP contribution in [0.1, 0.15) is 44.4 Å². The highest BCUT2D eigenvalue weighted by molar-refractivity contribution is 7.10. The van der Waals surface area contributed by atoms with Crippen molar-refractivity contribution in [2.75, 3.05) is 0 Å². The minimum Gasteiger partial charge on any atom is -0.478 e. The van der Waals surface area contributed by atoms with Crippen LogP contribution in [0, 0.1) is 0 Å². The number of hydrogen-bond donors (Lipinski definition) is 1. The largest absolute Gasteiger partial charge is 0.478 e. The lowest BCUT2D eigenvalue weighted by Gasteiger charge is -2.30. The number of rotatable bonds is 3. The summed E-state index contributed by atoms with van der Waals surface area (Å²) in [6.07, 6.45) is 3.63. The number of thiazole rings is 1. The molecule has 3 heterocycles. The highest BCUT2D eigenvalue weighted by Gasteiger charge is 2.32. The highest BCUT2D eigenvalue weighted by Crippen LogP contribution is 2.42. The number of thiophene rings is 1. The van der Waals surface area contributed by atoms with Crippen molar-refractivity contribution in [3.05, 3.63) is 118 Å². The first-order chi connectivity index (χ1) is 16.1. The molecule has 5 nitrogen and oxygen atoms in total. The zero-order valence-electron chi connectivity index (χ0n) is 17.4. The number of nitrogens with zero attached hydrogens (tertiary/aromatic N) is 2. The number of carbonyl (C=O) groups is 1. The third-order valence-corrected chi connectivity index (χ3v) is 8.05. The zero-order chi connectivity index (χ0) is 22.5. The summed E-state index contributed by atoms with van der Waals surface area (Å²) in [5.74, 6) is -0.970. The molecule has 33 heavy (non-hydrogen) atoms. The Morgan fingerprint density at radius 2 is 1.88 bits per heavy atom. The van der Waals surface area contributed by atoms with Gasteiger partial charge in [0.15, 0.2) is 4.80 Å². The molecule has 7 heteroatoms. The van der Waals surface area contributed by atoms with Crippen LogP contribution >= 0.6 is 22.7 Å². The van der Waals surface area contributed by atoms with Gasteiger partial charge in [-0.25, -0.2) is 9.79 Å². The van der Waals surface area contributed by atoms with Crippen LogP contribution in [-0.4, -0.2) is 15.6 Å². The first-order valence-corrected chi connectivity index (χ1v) is 12.3. The lowest BCUT2D eigenvalue weighted by Crippen LogP contribution is -2.38. The van der Waals surface area contributed by atoms with Gasteiger partial charge < -0.3 is 5.11 Å². The number of aryl methyl sites for hydroxylation is 1. The SMILES string of the molecule is O=C(O)c1ccc(C=c2sc3n(c2=O)C(c2cccs2)C2=C(N=3)c3ccccc3CC2)cc1. The number of allylic oxidation sites excluding steroid dienone is 1. The summed E-state index contributed by atoms with van der Waals surface area (Å²) >= 11 is 3.04. The third-order valence-electron chi connectivity index (χ3n) is 6.14. The van der Waals surface area contributed by atoms with Gasteiger partial charge in [-0.2, -0.15) is 0 Å². The standard InChI is InChI=1S/C26H18N2O3S2/c29-24-21(14-15-7-9-17(10-8-15)25(30)31)33-26-27-22-18-5-2-1-4-16(18)11-12-19(22)23(28(24)26)20-6-3-13-32-20/h1-10,13-14,23H,11-12H2,(H,30,31). The molecule has 1 N–H and O–H groups in total. The van der Waals surface area contributed by atoms with Gasteiger partial charge >= 0.3 is 5.97 Å². The third kappa shape index (κ3) is 3.32. The normalized spacial score (nSPS) is 17.2. The molecule has 1 atom stereocenters. The summed E-state index contributed by atoms with van der Waals surface area (Å²) < 4.78 is 2.42. The molecule has 2 aliphatic rings. The predicted octanol–water partition coefficient (Wildman–Crippen LogP) is 4.08. The average molecular weight is 471 g/mol. The molecule has 2 aromatic heterocycles. The van der Waals surface area contributed by atoms with Crippen molar-refractivity contribution < 1.29 is 9.90 Å². The Kier molecular flexibility index (Phi) is 4.74. The van der Waals surface area contributed by atoms with E-state index >= 15 is 0 Å². The molecule has 0 bridgehead atoms. The summed E-state index contributed by atoms with van der Waals surface area (Å²) in [6.45, 7) is 0. The second-order valence-electron chi connectivity index (χ2n) is 8.06. The van der Waals surface area contributed by atoms with Crippen molar-refractivity contribution in [2.45, 2.75) is 18.9 Å². The summed E-state index contributed by atoms with van der Waals surface area (Å²) in [7, 11) is 0. The van der Waals surface area contributed by atoms with Gasteiger partial charge in [-0.3, -0.25) is 9.36 Å². The fraction of sp³-hybridized carbons (Fsp3) is 0.115. The number of fused-ring (bicyclic) bond motifs is 3. The van der Waals surface area contributed by atoms with E-state index < -0.39 is 5.97 Å². The van der Waals surface area contributed by atoms with Crippen LogP contribution in [0.5, 0.6) is 0 Å². The van der Waals surface area contributed by atoms with Gasteiger partial charge in [0, 0.05) is 10.4 Å². The Morgan fingerprint density at radius 3 is 2.64 bits per heavy atom. The van der Waals surface area contributed by atoms with Crippen LogP contribution in [0.15, 0.2) is 81.4 Å². The molecule has 162 valence electrons. The summed E-state index contributed by atoms with van der Waals surface area (Å²) in [4.78, 5) is 31.6. The van der Waals surface area contributed by atoms with E-state index in [0.29, 0.717) is 9.33 Å². The molecular weight excluding hydrogens is 452 g/mol. The number of carboxylic acids is 1. The molecule has 0 fully saturated rings. The fourth-order valence-corrected chi connectivity index (χ4v) is 6.44. The van der Waals surface area contributed by atoms with Crippen molar-refractivity contribution in [1.82, 2.24) is 4.57 Å². The molecule has 0 amide bonds. The maximum absolute atomic E-state index is 13.6. The smallest absolute Gasteiger partial charge is 0.335 e. The first-order valence-electron chi connectivity index (χ1n) is 10.6. The van der Waals surface area contributed by atoms with Crippen LogP contribution in [0.3, 0.4) is 0 Å². The van der Waals surface area contributed by atoms with Gasteiger partial charge in [-0.1, -0.05) is 53.8 Å². The Bertz CT molecular complexity index is 1610. The van der Waals surface area contributed by atoms with Crippen molar-refractivity contribution in [3.8, 4) is 0 Å². The minimum atomic E-state index is -0.970. The van der Waals surface area contributed by atoms with E-state index in [1.54, 1.807) is 35.6 Å². The Morgan fingerprint density at radius 1 is 1.06 bits per heavy atom. The van der Waals surface area contributed by atoms with Gasteiger partial charge in [0.05, 0.1) is 21.8 Å². The molecule has 4 aromatic rings. The van der Waals surface area contributed by atoms with Gasteiger partial charge in [0.25, 0.3) is 5.56 Å². The number of carboxylic acid groups (broad SMARTS) is 1. The maximum atomic E-state index is 13.6. The predicted molar refractivity (Wildman–Crippen MR) is 130 cm³/mol. The van der Waals surface area contributed by atoms with E-state index in [2.05, 4.69) is 24.3 Å². The number of aromatic nitrogens is 1. The number of hydrogen-bond acceptors (Lipinski definition) is 5. The second kappa shape index (κ2) is 7.79. The molecule has 0 radical (unpaired) electrons. The lowest BCUT2D eigenvalue weighted by molar-refractivity contribution is 0.0697. The van der Waals surface area contributed by atoms with Crippen molar-refractivity contribution >= 4 is 40.4 Å². The lowest BCUT2D eigenvalue weighted by atomic mass is 9.85. The van der Waals surface area contributed by atoms with Gasteiger partial charge in [-0.15, -0.1) is 11.3 Å². The highest BCUT2D eigenvalue weighted by atomic mass is 32.1. The van der Waals surface area contributed by atoms with Gasteiger partial charge in [0.2, 0.25) is 0 Å². The van der Waals surface area contributed by atoms with E-state index in [9.17, 15) is 9.59 Å². The first kappa shape index (κ1) is 20.1. The second-order valence-corrected chi connectivity index (χ2v) is 10.0. The van der Waals surface area contributed by atoms with E-state index in [0.717, 1.165) is 34.5 Å². The van der Waals surface area contributed by atoms with Crippen molar-refractivity contribution in [1.29, 1.82) is 0 Å². The molecule has 0 spiro atoms. The Hall–Kier alpha value is -3.55. The Labute approximate surface area is 196 Å². The van der Waals surface area contributed by atoms with E-state index in [4.69, 9.17) is 10.1 Å². The van der Waals surface area contributed by atoms with Crippen LogP contribution < -0.4 is 14.9 Å². The van der Waals surface area contributed by atoms with Crippen LogP contribution in [0.2, 0.25) is 0 Å². The molecule has 1 aliphatic carbocycles. The average Bonchev–Trinajstić information content (AvgIpc) is 3.47. The van der Waals surface area contributed by atoms with Crippen molar-refractivity contribution in [3.63, 3.8) is 0 Å². The maximum Gasteiger partial charge on any atom is 0.335 e. The molecule has 0 saturated heterocycles. The number of benzene rings is 2. The van der Waals surface area contributed by atoms with E-state index in [-0.39, 0.29) is 17.2 Å². The molecular formula is C26H18N2O3S2. The summed E-state index contributed by atoms with van der Waals surface area (Å²) in [5, 5.41) is 11.2. The fourth-order valence-electron chi connectivity index (χ4n) is 4.59. The van der Waals surface area contributed by atoms with Gasteiger partial charge in [-0.05, 0) is 59.2 Å². The zero-order valence-corrected chi connectivity index (χ0v) is 19.0. The Balaban J connectivity index is 1.57. The van der Waals surface area contributed by atoms with Crippen LogP contribution in [-0.2, 0) is 6.42 Å². The molecule has 1 aliphatic heterocycles. The molecule has 0 saturated carbocycles. The van der Waals surface area contributed by atoms with Crippen LogP contribution in [0.25, 0.3) is 11.8 Å². The van der Waals surface area contributed by atoms with Gasteiger partial charge in [0.1, 0.15) is 0 Å². The molecule has 6 rings (SSSR count). The van der Waals surface area contributed by atoms with E-state index in [1.807, 2.05) is 28.2 Å². The number of aromatic carboxylic acids is 1.